The number of carboxylic acids is 1. The maximum absolute atomic E-state index is 12.4. The van der Waals surface area contributed by atoms with E-state index in [2.05, 4.69) is 20.8 Å². The van der Waals surface area contributed by atoms with Gasteiger partial charge in [-0.3, -0.25) is 4.79 Å². The fraction of sp³-hybridized carbons (Fsp3) is 0.840. The van der Waals surface area contributed by atoms with Crippen molar-refractivity contribution in [2.24, 2.45) is 28.6 Å². The Morgan fingerprint density at radius 1 is 1.26 bits per heavy atom. The van der Waals surface area contributed by atoms with Gasteiger partial charge in [0.25, 0.3) is 0 Å². The van der Waals surface area contributed by atoms with Gasteiger partial charge >= 0.3 is 11.9 Å². The molecule has 0 spiro atoms. The molecule has 0 aromatic rings. The van der Waals surface area contributed by atoms with Crippen molar-refractivity contribution >= 4 is 11.9 Å². The molecule has 2 rings (SSSR count). The second-order valence-electron chi connectivity index (χ2n) is 10.9. The van der Waals surface area contributed by atoms with E-state index in [1.54, 1.807) is 26.8 Å². The van der Waals surface area contributed by atoms with Crippen LogP contribution in [0.5, 0.6) is 0 Å². The number of allylic oxidation sites excluding steroid dienone is 1. The molecule has 0 heterocycles. The van der Waals surface area contributed by atoms with E-state index in [0.717, 1.165) is 25.7 Å². The number of ether oxygens (including phenoxy) is 1. The van der Waals surface area contributed by atoms with E-state index in [0.29, 0.717) is 17.9 Å². The van der Waals surface area contributed by atoms with Crippen molar-refractivity contribution in [2.45, 2.75) is 105 Å². The molecule has 0 aromatic heterocycles. The predicted molar refractivity (Wildman–Crippen MR) is 119 cm³/mol. The normalized spacial score (nSPS) is 41.9. The van der Waals surface area contributed by atoms with Crippen LogP contribution in [0.2, 0.25) is 0 Å². The molecule has 2 aliphatic carbocycles. The van der Waals surface area contributed by atoms with Gasteiger partial charge in [0.1, 0.15) is 12.2 Å². The summed E-state index contributed by atoms with van der Waals surface area (Å²) in [4.78, 5) is 23.6. The van der Waals surface area contributed by atoms with Crippen LogP contribution in [0.25, 0.3) is 0 Å². The lowest BCUT2D eigenvalue weighted by molar-refractivity contribution is -0.267. The van der Waals surface area contributed by atoms with Crippen molar-refractivity contribution in [3.05, 3.63) is 11.6 Å². The molecule has 178 valence electrons. The smallest absolute Gasteiger partial charge is 0.333 e. The summed E-state index contributed by atoms with van der Waals surface area (Å²) in [6.45, 7) is 13.6. The molecule has 6 nitrogen and oxygen atoms in total. The van der Waals surface area contributed by atoms with Gasteiger partial charge in [-0.1, -0.05) is 33.8 Å². The molecule has 0 radical (unpaired) electrons. The zero-order chi connectivity index (χ0) is 23.8. The van der Waals surface area contributed by atoms with Gasteiger partial charge in [0, 0.05) is 17.4 Å². The second-order valence-corrected chi connectivity index (χ2v) is 10.9. The first-order chi connectivity index (χ1) is 14.2. The molecule has 8 unspecified atom stereocenters. The van der Waals surface area contributed by atoms with Crippen molar-refractivity contribution in [1.29, 1.82) is 0 Å². The number of hydrogen-bond donors (Lipinski definition) is 3. The lowest BCUT2D eigenvalue weighted by Crippen LogP contribution is -2.69. The summed E-state index contributed by atoms with van der Waals surface area (Å²) in [5, 5.41) is 31.7. The van der Waals surface area contributed by atoms with Crippen LogP contribution >= 0.6 is 0 Å². The highest BCUT2D eigenvalue weighted by Crippen LogP contribution is 2.64. The van der Waals surface area contributed by atoms with Gasteiger partial charge in [0.15, 0.2) is 0 Å². The van der Waals surface area contributed by atoms with Crippen LogP contribution in [0.4, 0.5) is 0 Å². The van der Waals surface area contributed by atoms with Gasteiger partial charge in [-0.2, -0.15) is 0 Å². The molecule has 2 fully saturated rings. The molecule has 2 saturated carbocycles. The highest BCUT2D eigenvalue weighted by atomic mass is 16.6. The zero-order valence-electron chi connectivity index (χ0n) is 20.3. The molecule has 0 aromatic carbocycles. The monoisotopic (exact) mass is 438 g/mol. The topological polar surface area (TPSA) is 104 Å². The Kier molecular flexibility index (Phi) is 7.69. The Morgan fingerprint density at radius 2 is 1.87 bits per heavy atom. The highest BCUT2D eigenvalue weighted by Gasteiger charge is 2.65. The van der Waals surface area contributed by atoms with Gasteiger partial charge < -0.3 is 20.1 Å². The van der Waals surface area contributed by atoms with Gasteiger partial charge in [-0.05, 0) is 76.0 Å². The molecule has 6 heteroatoms. The summed E-state index contributed by atoms with van der Waals surface area (Å²) in [5.41, 5.74) is -1.62. The minimum absolute atomic E-state index is 0.0305. The number of carbonyl (C=O) groups is 2. The molecular formula is C25H42O6. The van der Waals surface area contributed by atoms with Crippen molar-refractivity contribution < 1.29 is 29.6 Å². The van der Waals surface area contributed by atoms with Crippen molar-refractivity contribution in [3.8, 4) is 0 Å². The minimum Gasteiger partial charge on any atom is -0.481 e. The second kappa shape index (κ2) is 9.22. The molecule has 8 atom stereocenters. The van der Waals surface area contributed by atoms with E-state index in [1.165, 1.54) is 0 Å². The molecule has 3 N–H and O–H groups in total. The first-order valence-corrected chi connectivity index (χ1v) is 11.7. The maximum Gasteiger partial charge on any atom is 0.333 e. The SMILES string of the molecule is CC=C(C)C(=O)OC1CC2C(C)(CCC(C)CC(=O)O)C(C)CCC2(C)C(C)(O)C1O. The molecule has 0 amide bonds. The molecule has 0 bridgehead atoms. The molecule has 31 heavy (non-hydrogen) atoms. The van der Waals surface area contributed by atoms with Crippen LogP contribution in [-0.4, -0.2) is 45.1 Å². The quantitative estimate of drug-likeness (QED) is 0.404. The average molecular weight is 439 g/mol. The number of rotatable bonds is 7. The Morgan fingerprint density at radius 3 is 2.42 bits per heavy atom. The number of aliphatic hydroxyl groups excluding tert-OH is 1. The number of carboxylic acid groups (broad SMARTS) is 1. The third-order valence-corrected chi connectivity index (χ3v) is 9.05. The lowest BCUT2D eigenvalue weighted by atomic mass is 9.42. The Labute approximate surface area is 187 Å². The fourth-order valence-corrected chi connectivity index (χ4v) is 6.13. The van der Waals surface area contributed by atoms with Gasteiger partial charge in [-0.15, -0.1) is 0 Å². The Balaban J connectivity index is 2.37. The van der Waals surface area contributed by atoms with E-state index in [4.69, 9.17) is 9.84 Å². The Bertz CT molecular complexity index is 713. The number of esters is 1. The van der Waals surface area contributed by atoms with Crippen molar-refractivity contribution in [1.82, 2.24) is 0 Å². The van der Waals surface area contributed by atoms with Crippen LogP contribution in [0.15, 0.2) is 11.6 Å². The number of fused-ring (bicyclic) bond motifs is 1. The number of carbonyl (C=O) groups excluding carboxylic acids is 1. The van der Waals surface area contributed by atoms with Gasteiger partial charge in [0.05, 0.1) is 5.60 Å². The largest absolute Gasteiger partial charge is 0.481 e. The lowest BCUT2D eigenvalue weighted by Gasteiger charge is -2.65. The molecule has 2 aliphatic rings. The van der Waals surface area contributed by atoms with E-state index in [-0.39, 0.29) is 23.7 Å². The van der Waals surface area contributed by atoms with E-state index < -0.39 is 35.2 Å². The summed E-state index contributed by atoms with van der Waals surface area (Å²) < 4.78 is 5.70. The standard InChI is InChI=1S/C25H42O6/c1-8-16(3)22(29)31-18-14-19-23(5,11-9-15(2)13-20(26)27)17(4)10-12-24(19,6)25(7,30)21(18)28/h8,15,17-19,21,28,30H,9-14H2,1-7H3,(H,26,27). The summed E-state index contributed by atoms with van der Waals surface area (Å²) in [7, 11) is 0. The number of hydrogen-bond acceptors (Lipinski definition) is 5. The summed E-state index contributed by atoms with van der Waals surface area (Å²) in [6, 6.07) is 0. The number of aliphatic carboxylic acids is 1. The van der Waals surface area contributed by atoms with Crippen LogP contribution in [-0.2, 0) is 14.3 Å². The third kappa shape index (κ3) is 4.70. The van der Waals surface area contributed by atoms with Crippen molar-refractivity contribution in [2.75, 3.05) is 0 Å². The third-order valence-electron chi connectivity index (χ3n) is 9.05. The molecule has 0 saturated heterocycles. The van der Waals surface area contributed by atoms with E-state index in [1.807, 2.05) is 6.92 Å². The first-order valence-electron chi connectivity index (χ1n) is 11.7. The van der Waals surface area contributed by atoms with Gasteiger partial charge in [0.2, 0.25) is 0 Å². The van der Waals surface area contributed by atoms with Crippen LogP contribution < -0.4 is 0 Å². The Hall–Kier alpha value is -1.40. The van der Waals surface area contributed by atoms with E-state index >= 15 is 0 Å². The minimum atomic E-state index is -1.40. The predicted octanol–water partition coefficient (Wildman–Crippen LogP) is 4.33. The number of aliphatic hydroxyl groups is 2. The average Bonchev–Trinajstić information content (AvgIpc) is 2.69. The summed E-state index contributed by atoms with van der Waals surface area (Å²) in [6.07, 6.45) is 3.71. The van der Waals surface area contributed by atoms with E-state index in [9.17, 15) is 19.8 Å². The molecular weight excluding hydrogens is 396 g/mol. The summed E-state index contributed by atoms with van der Waals surface area (Å²) in [5.74, 6) is -0.777. The first kappa shape index (κ1) is 25.9. The fourth-order valence-electron chi connectivity index (χ4n) is 6.13. The molecule has 0 aliphatic heterocycles. The highest BCUT2D eigenvalue weighted by molar-refractivity contribution is 5.87. The van der Waals surface area contributed by atoms with Crippen molar-refractivity contribution in [3.63, 3.8) is 0 Å². The zero-order valence-corrected chi connectivity index (χ0v) is 20.3. The van der Waals surface area contributed by atoms with Crippen LogP contribution in [0.1, 0.15) is 87.0 Å². The van der Waals surface area contributed by atoms with Crippen LogP contribution in [0.3, 0.4) is 0 Å². The van der Waals surface area contributed by atoms with Crippen LogP contribution in [0, 0.1) is 28.6 Å². The summed E-state index contributed by atoms with van der Waals surface area (Å²) >= 11 is 0. The van der Waals surface area contributed by atoms with Gasteiger partial charge in [-0.25, -0.2) is 4.79 Å². The maximum atomic E-state index is 12.4.